The van der Waals surface area contributed by atoms with Gasteiger partial charge in [-0.25, -0.2) is 0 Å². The topological polar surface area (TPSA) is 111 Å². The molecule has 0 aromatic heterocycles. The largest absolute Gasteiger partial charge is 0.478 e. The van der Waals surface area contributed by atoms with E-state index in [1.54, 1.807) is 0 Å². The molecule has 0 saturated carbocycles. The first-order valence-corrected chi connectivity index (χ1v) is 37.8. The van der Waals surface area contributed by atoms with E-state index < -0.39 is 70.4 Å². The summed E-state index contributed by atoms with van der Waals surface area (Å²) in [4.78, 5) is 0. The van der Waals surface area contributed by atoms with Gasteiger partial charge in [-0.05, 0) is 6.42 Å². The normalized spacial score (nSPS) is 40.0. The lowest BCUT2D eigenvalue weighted by molar-refractivity contribution is -0.0289. The van der Waals surface area contributed by atoms with Gasteiger partial charge in [-0.15, -0.1) is 0 Å². The van der Waals surface area contributed by atoms with Gasteiger partial charge in [0, 0.05) is 48.4 Å². The molecule has 0 N–H and O–H groups in total. The molecule has 0 aromatic carbocycles. The van der Waals surface area contributed by atoms with E-state index in [0.29, 0.717) is 48.4 Å². The summed E-state index contributed by atoms with van der Waals surface area (Å²) >= 11 is 0. The first kappa shape index (κ1) is 46.3. The lowest BCUT2D eigenvalue weighted by atomic mass is 10.0. The first-order chi connectivity index (χ1) is 26.0. The lowest BCUT2D eigenvalue weighted by Gasteiger charge is -2.63. The minimum absolute atomic E-state index is 0.472. The Hall–Kier alpha value is 1.26. The zero-order chi connectivity index (χ0) is 38.9. The van der Waals surface area contributed by atoms with Gasteiger partial charge in [0.05, 0.1) is 0 Å². The molecule has 6 saturated heterocycles. The van der Waals surface area contributed by atoms with Crippen LogP contribution in [0.4, 0.5) is 0 Å². The fourth-order valence-corrected chi connectivity index (χ4v) is 58.0. The molecule has 6 fully saturated rings. The van der Waals surface area contributed by atoms with Gasteiger partial charge in [-0.2, -0.15) is 0 Å². The van der Waals surface area contributed by atoms with Crippen molar-refractivity contribution < 1.29 is 49.4 Å². The third kappa shape index (κ3) is 10.9. The average molecular weight is 902 g/mol. The maximum atomic E-state index is 7.39. The third-order valence-corrected chi connectivity index (χ3v) is 48.5. The highest BCUT2D eigenvalue weighted by Crippen LogP contribution is 2.53. The van der Waals surface area contributed by atoms with Crippen LogP contribution >= 0.6 is 0 Å². The van der Waals surface area contributed by atoms with E-state index in [1.807, 2.05) is 48.5 Å². The molecular formula is C34H76O12Si8. The zero-order valence-corrected chi connectivity index (χ0v) is 43.3. The molecule has 6 heterocycles. The molecule has 0 aliphatic carbocycles. The van der Waals surface area contributed by atoms with Gasteiger partial charge in [0.15, 0.2) is 0 Å². The van der Waals surface area contributed by atoms with Crippen LogP contribution in [0.2, 0.25) is 48.4 Å². The molecule has 6 rings (SSSR count). The Morgan fingerprint density at radius 1 is 0.204 bits per heavy atom. The second kappa shape index (κ2) is 20.2. The summed E-state index contributed by atoms with van der Waals surface area (Å²) in [5, 5.41) is 0. The number of rotatable bonds is 26. The van der Waals surface area contributed by atoms with Crippen molar-refractivity contribution in [1.82, 2.24) is 0 Å². The highest BCUT2D eigenvalue weighted by molar-refractivity contribution is 7.03. The molecule has 54 heavy (non-hydrogen) atoms. The van der Waals surface area contributed by atoms with Crippen molar-refractivity contribution in [1.29, 1.82) is 0 Å². The maximum Gasteiger partial charge on any atom is 0.478 e. The molecule has 0 aromatic rings. The summed E-state index contributed by atoms with van der Waals surface area (Å²) < 4.78 is 87.2. The van der Waals surface area contributed by atoms with E-state index >= 15 is 0 Å². The molecule has 0 atom stereocenters. The summed E-state index contributed by atoms with van der Waals surface area (Å²) in [6, 6.07) is 3.93. The number of hydrogen-bond donors (Lipinski definition) is 0. The molecule has 0 unspecified atom stereocenters. The van der Waals surface area contributed by atoms with Crippen LogP contribution < -0.4 is 0 Å². The van der Waals surface area contributed by atoms with Crippen LogP contribution in [0, 0.1) is 0 Å². The molecule has 0 amide bonds. The summed E-state index contributed by atoms with van der Waals surface area (Å²) in [5.74, 6) is 0. The van der Waals surface area contributed by atoms with Crippen LogP contribution in [0.3, 0.4) is 0 Å². The summed E-state index contributed by atoms with van der Waals surface area (Å²) in [6.07, 6.45) is 23.8. The Labute approximate surface area is 337 Å². The lowest BCUT2D eigenvalue weighted by Crippen LogP contribution is -2.88. The van der Waals surface area contributed by atoms with Crippen LogP contribution in [-0.2, 0) is 49.4 Å². The molecule has 0 spiro atoms. The smallest absolute Gasteiger partial charge is 0.373 e. The van der Waals surface area contributed by atoms with Crippen molar-refractivity contribution in [2.75, 3.05) is 0 Å². The van der Waals surface area contributed by atoms with Crippen LogP contribution in [0.1, 0.15) is 171 Å². The molecule has 20 heteroatoms. The predicted octanol–water partition coefficient (Wildman–Crippen LogP) is 10.9. The maximum absolute atomic E-state index is 7.39. The Morgan fingerprint density at radius 3 is 0.556 bits per heavy atom. The summed E-state index contributed by atoms with van der Waals surface area (Å²) in [7, 11) is -28.9. The van der Waals surface area contributed by atoms with Gasteiger partial charge in [-0.1, -0.05) is 165 Å². The summed E-state index contributed by atoms with van der Waals surface area (Å²) in [6.45, 7) is 16.5. The van der Waals surface area contributed by atoms with Gasteiger partial charge in [0.1, 0.15) is 0 Å². The minimum Gasteiger partial charge on any atom is -0.373 e. The van der Waals surface area contributed by atoms with Crippen LogP contribution in [0.25, 0.3) is 0 Å². The van der Waals surface area contributed by atoms with Gasteiger partial charge in [-0.3, -0.25) is 0 Å². The Bertz CT molecular complexity index is 1040. The molecule has 316 valence electrons. The highest BCUT2D eigenvalue weighted by Gasteiger charge is 2.81. The number of unbranched alkanes of at least 4 members (excludes halogenated alkanes) is 17. The van der Waals surface area contributed by atoms with E-state index in [4.69, 9.17) is 49.4 Å². The second-order valence-electron chi connectivity index (χ2n) is 15.9. The van der Waals surface area contributed by atoms with Crippen molar-refractivity contribution in [2.45, 2.75) is 219 Å². The van der Waals surface area contributed by atoms with E-state index in [1.165, 1.54) is 103 Å². The highest BCUT2D eigenvalue weighted by atomic mass is 28.6. The zero-order valence-electron chi connectivity index (χ0n) is 35.3. The van der Waals surface area contributed by atoms with Crippen molar-refractivity contribution in [3.63, 3.8) is 0 Å². The van der Waals surface area contributed by atoms with Crippen molar-refractivity contribution in [2.24, 2.45) is 0 Å². The minimum atomic E-state index is -3.66. The van der Waals surface area contributed by atoms with Gasteiger partial charge < -0.3 is 49.4 Å². The molecule has 6 aliphatic heterocycles. The molecule has 0 radical (unpaired) electrons. The van der Waals surface area contributed by atoms with E-state index in [2.05, 4.69) is 6.92 Å². The molecule has 6 aliphatic rings. The Morgan fingerprint density at radius 2 is 0.370 bits per heavy atom. The van der Waals surface area contributed by atoms with Crippen LogP contribution in [-0.4, -0.2) is 70.4 Å². The van der Waals surface area contributed by atoms with E-state index in [-0.39, 0.29) is 0 Å². The van der Waals surface area contributed by atoms with E-state index in [9.17, 15) is 0 Å². The predicted molar refractivity (Wildman–Crippen MR) is 226 cm³/mol. The fourth-order valence-electron chi connectivity index (χ4n) is 8.25. The van der Waals surface area contributed by atoms with Gasteiger partial charge in [0.2, 0.25) is 0 Å². The Balaban J connectivity index is 1.25. The standard InChI is InChI=1S/C34H76O12Si8/c1-9-17-18-19-20-21-22-23-24-25-26-27-28-29-30-31-32-33-34-54-44-51(14-6)38-48(11-3)35-47(10-2)36-49(12-4,40-51)42-53(16-8,46-54)43-50(13-5,37-47)41-52(15-7,39-48)45-54/h9-34H2,1-8H3. The number of hydrogen-bond acceptors (Lipinski definition) is 12. The third-order valence-electron chi connectivity index (χ3n) is 11.6. The summed E-state index contributed by atoms with van der Waals surface area (Å²) in [5.41, 5.74) is 0. The van der Waals surface area contributed by atoms with Crippen molar-refractivity contribution in [3.8, 4) is 0 Å². The Kier molecular flexibility index (Phi) is 17.3. The first-order valence-electron chi connectivity index (χ1n) is 22.4. The molecule has 12 nitrogen and oxygen atoms in total. The van der Waals surface area contributed by atoms with Crippen LogP contribution in [0.5, 0.6) is 0 Å². The molecular weight excluding hydrogens is 825 g/mol. The second-order valence-corrected chi connectivity index (χ2v) is 42.1. The van der Waals surface area contributed by atoms with Gasteiger partial charge >= 0.3 is 70.4 Å². The van der Waals surface area contributed by atoms with E-state index in [0.717, 1.165) is 12.8 Å². The fraction of sp³-hybridized carbons (Fsp3) is 1.00. The van der Waals surface area contributed by atoms with Crippen molar-refractivity contribution >= 4 is 70.4 Å². The van der Waals surface area contributed by atoms with Crippen molar-refractivity contribution in [3.05, 3.63) is 0 Å². The SMILES string of the molecule is CCCCCCCCCCCCCCCCCCCC[Si]12O[Si]3(CC)O[Si]4(CC)O[Si]5(CC)O[Si](CC)(O3)O[Si](CC)(O[Si](CC)(O5)O[Si](CC)(O4)O1)O2. The van der Waals surface area contributed by atoms with Gasteiger partial charge in [0.25, 0.3) is 0 Å². The quantitative estimate of drug-likeness (QED) is 0.0609. The van der Waals surface area contributed by atoms with Crippen LogP contribution in [0.15, 0.2) is 0 Å². The monoisotopic (exact) mass is 900 g/mol. The average Bonchev–Trinajstić information content (AvgIpc) is 3.13. The molecule has 8 bridgehead atoms.